The summed E-state index contributed by atoms with van der Waals surface area (Å²) in [6.45, 7) is 4.01. The summed E-state index contributed by atoms with van der Waals surface area (Å²) >= 11 is 1.73. The van der Waals surface area contributed by atoms with Gasteiger partial charge in [-0.3, -0.25) is 0 Å². The van der Waals surface area contributed by atoms with Crippen LogP contribution < -0.4 is 5.32 Å². The van der Waals surface area contributed by atoms with E-state index in [1.54, 1.807) is 17.5 Å². The van der Waals surface area contributed by atoms with Crippen LogP contribution in [0, 0.1) is 6.92 Å². The minimum atomic E-state index is 0.938. The molecule has 2 aromatic rings. The van der Waals surface area contributed by atoms with E-state index in [9.17, 15) is 0 Å². The van der Waals surface area contributed by atoms with E-state index >= 15 is 0 Å². The summed E-state index contributed by atoms with van der Waals surface area (Å²) in [6.07, 6.45) is 5.61. The molecule has 2 rings (SSSR count). The number of hydrogen-bond donors (Lipinski definition) is 1. The number of nitrogens with zero attached hydrogens (tertiary/aromatic N) is 2. The summed E-state index contributed by atoms with van der Waals surface area (Å²) in [5.74, 6) is 0. The number of hydrogen-bond acceptors (Lipinski definition) is 3. The molecule has 2 heterocycles. The molecule has 0 radical (unpaired) electrons. The van der Waals surface area contributed by atoms with Crippen molar-refractivity contribution in [2.24, 2.45) is 0 Å². The van der Waals surface area contributed by atoms with E-state index in [1.165, 1.54) is 11.3 Å². The Balaban J connectivity index is 1.81. The smallest absolute Gasteiger partial charge is 0.0946 e. The van der Waals surface area contributed by atoms with Crippen LogP contribution in [0.25, 0.3) is 0 Å². The fourth-order valence-electron chi connectivity index (χ4n) is 1.28. The third-order valence-corrected chi connectivity index (χ3v) is 2.96. The van der Waals surface area contributed by atoms with Gasteiger partial charge in [0.15, 0.2) is 0 Å². The van der Waals surface area contributed by atoms with Gasteiger partial charge in [0.1, 0.15) is 0 Å². The van der Waals surface area contributed by atoms with Gasteiger partial charge in [-0.25, -0.2) is 4.98 Å². The summed E-state index contributed by atoms with van der Waals surface area (Å²) in [5.41, 5.74) is 2.57. The normalized spacial score (nSPS) is 10.4. The maximum absolute atomic E-state index is 3.99. The number of rotatable bonds is 4. The van der Waals surface area contributed by atoms with Crippen LogP contribution in [0.2, 0.25) is 0 Å². The molecular weight excluding hydrogens is 194 g/mol. The van der Waals surface area contributed by atoms with E-state index in [0.29, 0.717) is 0 Å². The minimum absolute atomic E-state index is 0.938. The molecule has 14 heavy (non-hydrogen) atoms. The van der Waals surface area contributed by atoms with Crippen molar-refractivity contribution in [1.29, 1.82) is 0 Å². The van der Waals surface area contributed by atoms with Crippen LogP contribution in [0.5, 0.6) is 0 Å². The molecular formula is C10H13N3S. The summed E-state index contributed by atoms with van der Waals surface area (Å²) in [6, 6.07) is 0. The molecule has 4 heteroatoms. The molecule has 0 amide bonds. The van der Waals surface area contributed by atoms with Gasteiger partial charge < -0.3 is 9.88 Å². The van der Waals surface area contributed by atoms with Crippen molar-refractivity contribution in [2.45, 2.75) is 13.5 Å². The lowest BCUT2D eigenvalue weighted by molar-refractivity contribution is 0.727. The van der Waals surface area contributed by atoms with E-state index in [0.717, 1.165) is 13.1 Å². The highest BCUT2D eigenvalue weighted by atomic mass is 32.1. The van der Waals surface area contributed by atoms with Crippen molar-refractivity contribution in [3.05, 3.63) is 35.0 Å². The Labute approximate surface area is 87.4 Å². The van der Waals surface area contributed by atoms with E-state index in [-0.39, 0.29) is 0 Å². The van der Waals surface area contributed by atoms with Gasteiger partial charge >= 0.3 is 0 Å². The molecule has 0 saturated heterocycles. The monoisotopic (exact) mass is 207 g/mol. The fraction of sp³-hybridized carbons (Fsp3) is 0.300. The molecule has 0 unspecified atom stereocenters. The van der Waals surface area contributed by atoms with Crippen LogP contribution in [-0.4, -0.2) is 16.1 Å². The lowest BCUT2D eigenvalue weighted by Crippen LogP contribution is -2.09. The molecule has 0 atom stereocenters. The molecule has 2 aromatic heterocycles. The van der Waals surface area contributed by atoms with Crippen molar-refractivity contribution >= 4 is 17.0 Å². The topological polar surface area (TPSA) is 29.9 Å². The van der Waals surface area contributed by atoms with Gasteiger partial charge in [0.05, 0.1) is 6.33 Å². The third-order valence-electron chi connectivity index (χ3n) is 2.10. The van der Waals surface area contributed by atoms with Crippen LogP contribution >= 0.6 is 11.3 Å². The van der Waals surface area contributed by atoms with E-state index in [1.807, 2.05) is 12.5 Å². The van der Waals surface area contributed by atoms with Crippen molar-refractivity contribution in [3.8, 4) is 0 Å². The van der Waals surface area contributed by atoms with Crippen molar-refractivity contribution < 1.29 is 0 Å². The number of anilines is 1. The molecule has 1 N–H and O–H groups in total. The number of imidazole rings is 1. The van der Waals surface area contributed by atoms with Crippen molar-refractivity contribution in [3.63, 3.8) is 0 Å². The predicted molar refractivity (Wildman–Crippen MR) is 59.8 cm³/mol. The van der Waals surface area contributed by atoms with Crippen LogP contribution in [0.1, 0.15) is 5.56 Å². The average molecular weight is 207 g/mol. The molecule has 0 aliphatic heterocycles. The van der Waals surface area contributed by atoms with Gasteiger partial charge in [-0.1, -0.05) is 0 Å². The van der Waals surface area contributed by atoms with Gasteiger partial charge in [-0.15, -0.1) is 11.3 Å². The van der Waals surface area contributed by atoms with Gasteiger partial charge in [0.2, 0.25) is 0 Å². The van der Waals surface area contributed by atoms with Crippen molar-refractivity contribution in [2.75, 3.05) is 11.9 Å². The maximum Gasteiger partial charge on any atom is 0.0946 e. The zero-order valence-corrected chi connectivity index (χ0v) is 8.92. The predicted octanol–water partition coefficient (Wildman–Crippen LogP) is 2.37. The first-order valence-corrected chi connectivity index (χ1v) is 5.53. The average Bonchev–Trinajstić information content (AvgIpc) is 2.78. The van der Waals surface area contributed by atoms with E-state index in [2.05, 4.69) is 32.6 Å². The Hall–Kier alpha value is -1.29. The minimum Gasteiger partial charge on any atom is -0.382 e. The molecule has 0 aromatic carbocycles. The van der Waals surface area contributed by atoms with Crippen molar-refractivity contribution in [1.82, 2.24) is 9.55 Å². The second-order valence-corrected chi connectivity index (χ2v) is 3.94. The SMILES string of the molecule is Cc1cscc1NCCn1ccnc1. The zero-order chi connectivity index (χ0) is 9.80. The zero-order valence-electron chi connectivity index (χ0n) is 8.10. The molecule has 0 saturated carbocycles. The summed E-state index contributed by atoms with van der Waals surface area (Å²) in [5, 5.41) is 7.69. The standard InChI is InChI=1S/C10H13N3S/c1-9-6-14-7-10(9)12-3-5-13-4-2-11-8-13/h2,4,6-8,12H,3,5H2,1H3. The quantitative estimate of drug-likeness (QED) is 0.834. The van der Waals surface area contributed by atoms with Gasteiger partial charge in [0, 0.05) is 36.6 Å². The largest absolute Gasteiger partial charge is 0.382 e. The van der Waals surface area contributed by atoms with Crippen LogP contribution in [0.4, 0.5) is 5.69 Å². The molecule has 0 bridgehead atoms. The number of thiophene rings is 1. The highest BCUT2D eigenvalue weighted by molar-refractivity contribution is 7.08. The van der Waals surface area contributed by atoms with Crippen LogP contribution in [0.15, 0.2) is 29.5 Å². The Morgan fingerprint density at radius 3 is 3.07 bits per heavy atom. The van der Waals surface area contributed by atoms with Crippen LogP contribution in [0.3, 0.4) is 0 Å². The van der Waals surface area contributed by atoms with E-state index in [4.69, 9.17) is 0 Å². The number of aromatic nitrogens is 2. The van der Waals surface area contributed by atoms with Gasteiger partial charge in [-0.05, 0) is 17.9 Å². The van der Waals surface area contributed by atoms with Gasteiger partial charge in [0.25, 0.3) is 0 Å². The maximum atomic E-state index is 3.99. The highest BCUT2D eigenvalue weighted by Gasteiger charge is 1.97. The summed E-state index contributed by atoms with van der Waals surface area (Å²) < 4.78 is 2.06. The molecule has 0 aliphatic rings. The Bertz CT molecular complexity index is 378. The second-order valence-electron chi connectivity index (χ2n) is 3.20. The van der Waals surface area contributed by atoms with Crippen LogP contribution in [-0.2, 0) is 6.54 Å². The Morgan fingerprint density at radius 2 is 2.43 bits per heavy atom. The first kappa shape index (κ1) is 9.27. The number of nitrogens with one attached hydrogen (secondary N) is 1. The Morgan fingerprint density at radius 1 is 1.50 bits per heavy atom. The first-order chi connectivity index (χ1) is 6.86. The highest BCUT2D eigenvalue weighted by Crippen LogP contribution is 2.18. The molecule has 0 aliphatic carbocycles. The van der Waals surface area contributed by atoms with E-state index < -0.39 is 0 Å². The lowest BCUT2D eigenvalue weighted by atomic mass is 10.3. The summed E-state index contributed by atoms with van der Waals surface area (Å²) in [7, 11) is 0. The fourth-order valence-corrected chi connectivity index (χ4v) is 2.08. The molecule has 3 nitrogen and oxygen atoms in total. The molecule has 0 fully saturated rings. The second kappa shape index (κ2) is 4.28. The summed E-state index contributed by atoms with van der Waals surface area (Å²) in [4.78, 5) is 3.99. The Kier molecular flexibility index (Phi) is 2.84. The molecule has 74 valence electrons. The molecule has 0 spiro atoms. The number of aryl methyl sites for hydroxylation is 1. The third kappa shape index (κ3) is 2.14. The lowest BCUT2D eigenvalue weighted by Gasteiger charge is -2.05. The first-order valence-electron chi connectivity index (χ1n) is 4.58. The van der Waals surface area contributed by atoms with Gasteiger partial charge in [-0.2, -0.15) is 0 Å².